The first-order valence-corrected chi connectivity index (χ1v) is 10.5. The third kappa shape index (κ3) is 5.70. The predicted molar refractivity (Wildman–Crippen MR) is 118 cm³/mol. The van der Waals surface area contributed by atoms with Gasteiger partial charge in [0.1, 0.15) is 18.3 Å². The average Bonchev–Trinajstić information content (AvgIpc) is 3.44. The Morgan fingerprint density at radius 2 is 2.00 bits per heavy atom. The number of aliphatic hydroxyl groups is 2. The SMILES string of the molecule is Cc1cn([C@H]2C[C@H](N=[N+]=[N-])[C@@H](CO)O2)c(=O)[nH]c1=O.Nc1ccn([C@@H]2CC[C@H](CO)O2)c(=O)n1. The third-order valence-electron chi connectivity index (χ3n) is 5.49. The van der Waals surface area contributed by atoms with Crippen molar-refractivity contribution in [2.24, 2.45) is 5.11 Å². The molecule has 2 aliphatic rings. The lowest BCUT2D eigenvalue weighted by Crippen LogP contribution is -2.33. The van der Waals surface area contributed by atoms with E-state index >= 15 is 0 Å². The maximum absolute atomic E-state index is 11.7. The van der Waals surface area contributed by atoms with Gasteiger partial charge in [0.2, 0.25) is 0 Å². The number of nitrogens with two attached hydrogens (primary N) is 1. The van der Waals surface area contributed by atoms with Gasteiger partial charge in [0, 0.05) is 29.3 Å². The van der Waals surface area contributed by atoms with E-state index in [2.05, 4.69) is 20.0 Å². The Labute approximate surface area is 192 Å². The average molecular weight is 478 g/mol. The monoisotopic (exact) mass is 478 g/mol. The van der Waals surface area contributed by atoms with Gasteiger partial charge in [-0.1, -0.05) is 5.11 Å². The van der Waals surface area contributed by atoms with Gasteiger partial charge >= 0.3 is 11.4 Å². The minimum Gasteiger partial charge on any atom is -0.394 e. The van der Waals surface area contributed by atoms with Crippen molar-refractivity contribution >= 4 is 5.82 Å². The van der Waals surface area contributed by atoms with Crippen LogP contribution in [-0.4, -0.2) is 60.8 Å². The van der Waals surface area contributed by atoms with Gasteiger partial charge < -0.3 is 25.4 Å². The fourth-order valence-electron chi connectivity index (χ4n) is 3.71. The van der Waals surface area contributed by atoms with Gasteiger partial charge in [-0.05, 0) is 31.4 Å². The number of hydrogen-bond acceptors (Lipinski definition) is 10. The number of aliphatic hydroxyl groups excluding tert-OH is 2. The molecule has 2 fully saturated rings. The van der Waals surface area contributed by atoms with E-state index in [9.17, 15) is 14.4 Å². The van der Waals surface area contributed by atoms with Gasteiger partial charge in [-0.25, -0.2) is 9.59 Å². The van der Waals surface area contributed by atoms with Gasteiger partial charge in [0.15, 0.2) is 0 Å². The molecule has 15 nitrogen and oxygen atoms in total. The summed E-state index contributed by atoms with van der Waals surface area (Å²) in [5.41, 5.74) is 12.7. The zero-order valence-electron chi connectivity index (χ0n) is 18.4. The molecule has 34 heavy (non-hydrogen) atoms. The molecule has 0 radical (unpaired) electrons. The highest BCUT2D eigenvalue weighted by Gasteiger charge is 2.35. The Morgan fingerprint density at radius 3 is 2.62 bits per heavy atom. The molecule has 184 valence electrons. The number of rotatable bonds is 5. The fraction of sp³-hybridized carbons (Fsp3) is 0.579. The number of nitrogens with one attached hydrogen (secondary N) is 1. The highest BCUT2D eigenvalue weighted by Crippen LogP contribution is 2.29. The van der Waals surface area contributed by atoms with Crippen molar-refractivity contribution in [2.75, 3.05) is 18.9 Å². The smallest absolute Gasteiger partial charge is 0.351 e. The molecular weight excluding hydrogens is 452 g/mol. The minimum atomic E-state index is -0.671. The zero-order valence-corrected chi connectivity index (χ0v) is 18.4. The van der Waals surface area contributed by atoms with Crippen LogP contribution in [0.5, 0.6) is 0 Å². The van der Waals surface area contributed by atoms with E-state index in [4.69, 9.17) is 31.0 Å². The second-order valence-electron chi connectivity index (χ2n) is 7.81. The topological polar surface area (TPSA) is 223 Å². The van der Waals surface area contributed by atoms with Crippen LogP contribution in [0.2, 0.25) is 0 Å². The molecule has 0 spiro atoms. The summed E-state index contributed by atoms with van der Waals surface area (Å²) in [5.74, 6) is 0.202. The van der Waals surface area contributed by atoms with Crippen molar-refractivity contribution in [1.29, 1.82) is 0 Å². The first-order valence-electron chi connectivity index (χ1n) is 10.5. The number of azide groups is 1. The number of nitrogens with zero attached hydrogens (tertiary/aromatic N) is 6. The summed E-state index contributed by atoms with van der Waals surface area (Å²) >= 11 is 0. The summed E-state index contributed by atoms with van der Waals surface area (Å²) in [4.78, 5) is 42.9. The summed E-state index contributed by atoms with van der Waals surface area (Å²) in [7, 11) is 0. The van der Waals surface area contributed by atoms with Gasteiger partial charge in [-0.3, -0.25) is 18.9 Å². The molecule has 0 aromatic carbocycles. The molecule has 2 aliphatic heterocycles. The van der Waals surface area contributed by atoms with Crippen LogP contribution < -0.4 is 22.7 Å². The molecule has 0 unspecified atom stereocenters. The second-order valence-corrected chi connectivity index (χ2v) is 7.81. The van der Waals surface area contributed by atoms with Crippen LogP contribution in [0.15, 0.2) is 38.0 Å². The van der Waals surface area contributed by atoms with Crippen LogP contribution in [0.1, 0.15) is 37.3 Å². The van der Waals surface area contributed by atoms with Crippen LogP contribution in [-0.2, 0) is 9.47 Å². The van der Waals surface area contributed by atoms with Crippen molar-refractivity contribution < 1.29 is 19.7 Å². The molecule has 2 saturated heterocycles. The summed E-state index contributed by atoms with van der Waals surface area (Å²) in [5, 5.41) is 21.6. The lowest BCUT2D eigenvalue weighted by Gasteiger charge is -2.14. The second kappa shape index (κ2) is 11.1. The third-order valence-corrected chi connectivity index (χ3v) is 5.49. The number of H-pyrrole nitrogens is 1. The number of hydrogen-bond donors (Lipinski definition) is 4. The maximum atomic E-state index is 11.7. The first-order chi connectivity index (χ1) is 16.3. The van der Waals surface area contributed by atoms with Crippen molar-refractivity contribution in [2.45, 2.75) is 56.9 Å². The number of aromatic amines is 1. The quantitative estimate of drug-likeness (QED) is 0.242. The molecule has 5 atom stereocenters. The fourth-order valence-corrected chi connectivity index (χ4v) is 3.71. The van der Waals surface area contributed by atoms with E-state index in [0.29, 0.717) is 12.0 Å². The number of aryl methyl sites for hydroxylation is 1. The van der Waals surface area contributed by atoms with E-state index in [0.717, 1.165) is 6.42 Å². The molecule has 0 amide bonds. The van der Waals surface area contributed by atoms with Gasteiger partial charge in [-0.2, -0.15) is 4.98 Å². The Hall–Kier alpha value is -3.49. The number of anilines is 1. The molecule has 0 bridgehead atoms. The molecule has 0 saturated carbocycles. The van der Waals surface area contributed by atoms with Crippen LogP contribution >= 0.6 is 0 Å². The Balaban J connectivity index is 0.000000196. The Bertz CT molecular complexity index is 1220. The van der Waals surface area contributed by atoms with Crippen molar-refractivity contribution in [3.8, 4) is 0 Å². The van der Waals surface area contributed by atoms with Crippen molar-refractivity contribution in [3.05, 3.63) is 65.8 Å². The van der Waals surface area contributed by atoms with Crippen molar-refractivity contribution in [3.63, 3.8) is 0 Å². The molecule has 5 N–H and O–H groups in total. The number of nitrogen functional groups attached to an aromatic ring is 1. The molecule has 4 rings (SSSR count). The van der Waals surface area contributed by atoms with Crippen molar-refractivity contribution in [1.82, 2.24) is 19.1 Å². The highest BCUT2D eigenvalue weighted by molar-refractivity contribution is 5.23. The van der Waals surface area contributed by atoms with E-state index in [1.807, 2.05) is 0 Å². The van der Waals surface area contributed by atoms with Crippen LogP contribution in [0.4, 0.5) is 5.82 Å². The summed E-state index contributed by atoms with van der Waals surface area (Å²) in [6.45, 7) is 1.24. The highest BCUT2D eigenvalue weighted by atomic mass is 16.5. The molecule has 4 heterocycles. The van der Waals surface area contributed by atoms with Crippen LogP contribution in [0, 0.1) is 6.92 Å². The summed E-state index contributed by atoms with van der Waals surface area (Å²) in [6.07, 6.45) is 2.83. The van der Waals surface area contributed by atoms with Gasteiger partial charge in [0.25, 0.3) is 5.56 Å². The van der Waals surface area contributed by atoms with E-state index in [1.165, 1.54) is 15.3 Å². The first kappa shape index (κ1) is 25.1. The lowest BCUT2D eigenvalue weighted by molar-refractivity contribution is -0.0271. The van der Waals surface area contributed by atoms with E-state index in [1.54, 1.807) is 19.2 Å². The molecule has 15 heteroatoms. The molecular formula is C19H26N8O7. The molecule has 0 aliphatic carbocycles. The van der Waals surface area contributed by atoms with Crippen LogP contribution in [0.3, 0.4) is 0 Å². The minimum absolute atomic E-state index is 0.0202. The van der Waals surface area contributed by atoms with Gasteiger partial charge in [-0.15, -0.1) is 0 Å². The van der Waals surface area contributed by atoms with Gasteiger partial charge in [0.05, 0.1) is 31.5 Å². The maximum Gasteiger partial charge on any atom is 0.351 e. The van der Waals surface area contributed by atoms with E-state index in [-0.39, 0.29) is 37.8 Å². The van der Waals surface area contributed by atoms with Crippen LogP contribution in [0.25, 0.3) is 10.4 Å². The normalized spacial score (nSPS) is 25.9. The summed E-state index contributed by atoms with van der Waals surface area (Å²) < 4.78 is 13.5. The predicted octanol–water partition coefficient (Wildman–Crippen LogP) is -0.701. The summed E-state index contributed by atoms with van der Waals surface area (Å²) in [6, 6.07) is 1.01. The molecule has 2 aromatic heterocycles. The Kier molecular flexibility index (Phi) is 8.20. The largest absolute Gasteiger partial charge is 0.394 e. The molecule has 2 aromatic rings. The lowest BCUT2D eigenvalue weighted by atomic mass is 10.1. The Morgan fingerprint density at radius 1 is 1.24 bits per heavy atom. The standard InChI is InChI=1S/C10H13N5O4.C9H13N3O3/c1-5-3-15(10(18)12-9(5)17)8-2-6(13-14-11)7(4-16)19-8;10-7-3-4-12(9(14)11-7)8-2-1-6(5-13)15-8/h3,6-8,16H,2,4H2,1H3,(H,12,17,18);3-4,6,8,13H,1-2,5H2,(H2,10,11,14)/t6-,7+,8+;6-,8+/m01/s1. The number of aromatic nitrogens is 4. The number of ether oxygens (including phenoxy) is 2. The van der Waals surface area contributed by atoms with E-state index < -0.39 is 35.3 Å². The zero-order chi connectivity index (χ0) is 24.8.